The summed E-state index contributed by atoms with van der Waals surface area (Å²) in [6.45, 7) is 6.24. The molecule has 2 aromatic rings. The minimum atomic E-state index is -0.950. The Morgan fingerprint density at radius 1 is 1.29 bits per heavy atom. The fraction of sp³-hybridized carbons (Fsp3) is 0.429. The Hall–Kier alpha value is -2.38. The van der Waals surface area contributed by atoms with Crippen molar-refractivity contribution in [2.75, 3.05) is 24.5 Å². The molecule has 150 valence electrons. The monoisotopic (exact) mass is 400 g/mol. The van der Waals surface area contributed by atoms with E-state index in [9.17, 15) is 9.90 Å². The average Bonchev–Trinajstić information content (AvgIpc) is 3.37. The lowest BCUT2D eigenvalue weighted by Gasteiger charge is -2.23. The largest absolute Gasteiger partial charge is 0.383 e. The summed E-state index contributed by atoms with van der Waals surface area (Å²) in [5.41, 5.74) is 1.07. The number of carbonyl (C=O) groups is 1. The van der Waals surface area contributed by atoms with Crippen molar-refractivity contribution in [3.63, 3.8) is 0 Å². The van der Waals surface area contributed by atoms with Gasteiger partial charge in [-0.2, -0.15) is 0 Å². The molecule has 1 saturated heterocycles. The molecular formula is C21H28N4O2S. The minimum absolute atomic E-state index is 0.196. The molecule has 0 aliphatic carbocycles. The van der Waals surface area contributed by atoms with E-state index in [1.165, 1.54) is 11.3 Å². The number of nitrogens with one attached hydrogen (secondary N) is 2. The Labute approximate surface area is 170 Å². The van der Waals surface area contributed by atoms with Gasteiger partial charge in [-0.15, -0.1) is 11.3 Å². The van der Waals surface area contributed by atoms with Crippen molar-refractivity contribution in [2.24, 2.45) is 4.99 Å². The number of aliphatic imine (C=N–C) groups is 1. The highest BCUT2D eigenvalue weighted by Gasteiger charge is 2.24. The molecule has 3 N–H and O–H groups in total. The number of aliphatic hydroxyl groups is 1. The van der Waals surface area contributed by atoms with E-state index >= 15 is 0 Å². The number of rotatable bonds is 7. The number of nitrogens with zero attached hydrogens (tertiary/aromatic N) is 2. The number of hydrogen-bond donors (Lipinski definition) is 3. The number of thiophene rings is 1. The second-order valence-corrected chi connectivity index (χ2v) is 8.06. The lowest BCUT2D eigenvalue weighted by molar-refractivity contribution is -0.117. The molecule has 1 fully saturated rings. The molecule has 1 aromatic carbocycles. The van der Waals surface area contributed by atoms with E-state index in [4.69, 9.17) is 0 Å². The van der Waals surface area contributed by atoms with Crippen LogP contribution in [0.25, 0.3) is 0 Å². The highest BCUT2D eigenvalue weighted by Crippen LogP contribution is 2.24. The minimum Gasteiger partial charge on any atom is -0.383 e. The normalized spacial score (nSPS) is 16.9. The van der Waals surface area contributed by atoms with Crippen LogP contribution < -0.4 is 15.5 Å². The van der Waals surface area contributed by atoms with Crippen LogP contribution in [0.15, 0.2) is 46.8 Å². The highest BCUT2D eigenvalue weighted by atomic mass is 32.1. The molecule has 28 heavy (non-hydrogen) atoms. The van der Waals surface area contributed by atoms with Crippen LogP contribution in [-0.2, 0) is 16.9 Å². The zero-order valence-corrected chi connectivity index (χ0v) is 17.3. The predicted molar refractivity (Wildman–Crippen MR) is 115 cm³/mol. The molecule has 7 heteroatoms. The van der Waals surface area contributed by atoms with Crippen molar-refractivity contribution in [1.82, 2.24) is 10.6 Å². The molecule has 0 bridgehead atoms. The van der Waals surface area contributed by atoms with Crippen LogP contribution in [0.3, 0.4) is 0 Å². The summed E-state index contributed by atoms with van der Waals surface area (Å²) in [5, 5.41) is 19.1. The van der Waals surface area contributed by atoms with Crippen molar-refractivity contribution < 1.29 is 9.90 Å². The second kappa shape index (κ2) is 9.21. The van der Waals surface area contributed by atoms with Gasteiger partial charge in [-0.1, -0.05) is 18.2 Å². The van der Waals surface area contributed by atoms with Gasteiger partial charge in [0.15, 0.2) is 5.96 Å². The van der Waals surface area contributed by atoms with Gasteiger partial charge >= 0.3 is 0 Å². The Bertz CT molecular complexity index is 800. The van der Waals surface area contributed by atoms with Gasteiger partial charge in [0.2, 0.25) is 5.91 Å². The van der Waals surface area contributed by atoms with Crippen LogP contribution in [0.2, 0.25) is 0 Å². The highest BCUT2D eigenvalue weighted by molar-refractivity contribution is 7.10. The van der Waals surface area contributed by atoms with Gasteiger partial charge in [-0.25, -0.2) is 4.99 Å². The van der Waals surface area contributed by atoms with Gasteiger partial charge in [0.1, 0.15) is 5.60 Å². The molecule has 1 aromatic heterocycles. The van der Waals surface area contributed by atoms with Gasteiger partial charge in [-0.05, 0) is 49.4 Å². The third-order valence-corrected chi connectivity index (χ3v) is 5.86. The SMILES string of the molecule is CCNC(=NCc1ccc(N2CCCC2=O)cc1)NCC(C)(O)c1cccs1. The maximum atomic E-state index is 11.9. The van der Waals surface area contributed by atoms with Crippen molar-refractivity contribution in [2.45, 2.75) is 38.8 Å². The maximum absolute atomic E-state index is 11.9. The molecule has 1 aliphatic heterocycles. The van der Waals surface area contributed by atoms with Gasteiger partial charge in [0.25, 0.3) is 0 Å². The van der Waals surface area contributed by atoms with Crippen LogP contribution in [-0.4, -0.2) is 36.6 Å². The zero-order valence-electron chi connectivity index (χ0n) is 16.4. The lowest BCUT2D eigenvalue weighted by Crippen LogP contribution is -2.44. The van der Waals surface area contributed by atoms with Crippen LogP contribution in [0.4, 0.5) is 5.69 Å². The number of amides is 1. The molecular weight excluding hydrogens is 372 g/mol. The van der Waals surface area contributed by atoms with E-state index in [0.29, 0.717) is 25.5 Å². The summed E-state index contributed by atoms with van der Waals surface area (Å²) >= 11 is 1.54. The summed E-state index contributed by atoms with van der Waals surface area (Å²) in [5.74, 6) is 0.861. The van der Waals surface area contributed by atoms with Crippen LogP contribution in [0.5, 0.6) is 0 Å². The quantitative estimate of drug-likeness (QED) is 0.493. The molecule has 0 spiro atoms. The first-order chi connectivity index (χ1) is 13.5. The Morgan fingerprint density at radius 3 is 2.68 bits per heavy atom. The topological polar surface area (TPSA) is 77.0 Å². The maximum Gasteiger partial charge on any atom is 0.227 e. The molecule has 1 aliphatic rings. The third-order valence-electron chi connectivity index (χ3n) is 4.74. The molecule has 3 rings (SSSR count). The molecule has 0 saturated carbocycles. The first-order valence-corrected chi connectivity index (χ1v) is 10.6. The lowest BCUT2D eigenvalue weighted by atomic mass is 10.1. The van der Waals surface area contributed by atoms with Crippen LogP contribution in [0.1, 0.15) is 37.1 Å². The standard InChI is InChI=1S/C21H28N4O2S/c1-3-22-20(24-15-21(2,27)18-6-5-13-28-18)23-14-16-8-10-17(11-9-16)25-12-4-7-19(25)26/h5-6,8-11,13,27H,3-4,7,12,14-15H2,1-2H3,(H2,22,23,24). The van der Waals surface area contributed by atoms with E-state index in [-0.39, 0.29) is 5.91 Å². The van der Waals surface area contributed by atoms with Gasteiger partial charge in [-0.3, -0.25) is 4.79 Å². The second-order valence-electron chi connectivity index (χ2n) is 7.12. The fourth-order valence-corrected chi connectivity index (χ4v) is 3.93. The molecule has 2 heterocycles. The van der Waals surface area contributed by atoms with Crippen molar-refractivity contribution >= 4 is 28.9 Å². The molecule has 1 amide bonds. The Morgan fingerprint density at radius 2 is 2.07 bits per heavy atom. The zero-order chi connectivity index (χ0) is 20.0. The van der Waals surface area contributed by atoms with Crippen LogP contribution >= 0.6 is 11.3 Å². The summed E-state index contributed by atoms with van der Waals surface area (Å²) < 4.78 is 0. The first kappa shape index (κ1) is 20.4. The third kappa shape index (κ3) is 5.11. The molecule has 0 radical (unpaired) electrons. The Kier molecular flexibility index (Phi) is 6.70. The number of guanidine groups is 1. The fourth-order valence-electron chi connectivity index (χ4n) is 3.14. The Balaban J connectivity index is 1.60. The number of anilines is 1. The van der Waals surface area contributed by atoms with E-state index < -0.39 is 5.60 Å². The summed E-state index contributed by atoms with van der Waals surface area (Å²) in [6.07, 6.45) is 1.57. The number of hydrogen-bond acceptors (Lipinski definition) is 4. The van der Waals surface area contributed by atoms with Crippen LogP contribution in [0, 0.1) is 0 Å². The predicted octanol–water partition coefficient (Wildman–Crippen LogP) is 2.84. The summed E-state index contributed by atoms with van der Waals surface area (Å²) in [6, 6.07) is 11.9. The number of carbonyl (C=O) groups excluding carboxylic acids is 1. The van der Waals surface area contributed by atoms with Gasteiger partial charge in [0, 0.05) is 30.1 Å². The molecule has 1 atom stereocenters. The molecule has 6 nitrogen and oxygen atoms in total. The van der Waals surface area contributed by atoms with E-state index in [2.05, 4.69) is 15.6 Å². The van der Waals surface area contributed by atoms with E-state index in [1.54, 1.807) is 6.92 Å². The smallest absolute Gasteiger partial charge is 0.227 e. The summed E-state index contributed by atoms with van der Waals surface area (Å²) in [7, 11) is 0. The van der Waals surface area contributed by atoms with Crippen molar-refractivity contribution in [3.05, 3.63) is 52.2 Å². The molecule has 1 unspecified atom stereocenters. The van der Waals surface area contributed by atoms with E-state index in [1.807, 2.05) is 53.6 Å². The van der Waals surface area contributed by atoms with E-state index in [0.717, 1.165) is 35.6 Å². The summed E-state index contributed by atoms with van der Waals surface area (Å²) in [4.78, 5) is 19.2. The average molecular weight is 401 g/mol. The number of benzene rings is 1. The van der Waals surface area contributed by atoms with Crippen molar-refractivity contribution in [3.8, 4) is 0 Å². The van der Waals surface area contributed by atoms with Gasteiger partial charge < -0.3 is 20.6 Å². The van der Waals surface area contributed by atoms with Gasteiger partial charge in [0.05, 0.1) is 13.1 Å². The van der Waals surface area contributed by atoms with Crippen molar-refractivity contribution in [1.29, 1.82) is 0 Å². The first-order valence-electron chi connectivity index (χ1n) is 9.67.